The maximum atomic E-state index is 9.64. The Kier molecular flexibility index (Phi) is 3.98. The van der Waals surface area contributed by atoms with Gasteiger partial charge in [0.2, 0.25) is 11.8 Å². The maximum absolute atomic E-state index is 9.64. The maximum Gasteiger partial charge on any atom is 0.244 e. The van der Waals surface area contributed by atoms with Crippen LogP contribution in [0.15, 0.2) is 29.7 Å². The zero-order valence-electron chi connectivity index (χ0n) is 13.4. The van der Waals surface area contributed by atoms with Gasteiger partial charge in [0.15, 0.2) is 0 Å². The van der Waals surface area contributed by atoms with Crippen molar-refractivity contribution < 1.29 is 4.74 Å². The Bertz CT molecular complexity index is 887. The lowest BCUT2D eigenvalue weighted by Crippen LogP contribution is -2.24. The summed E-state index contributed by atoms with van der Waals surface area (Å²) in [6.45, 7) is 6.14. The topological polar surface area (TPSA) is 87.7 Å². The molecule has 7 heteroatoms. The van der Waals surface area contributed by atoms with E-state index in [1.807, 2.05) is 26.8 Å². The number of hydrogen-bond acceptors (Lipinski definition) is 4. The molecule has 1 atom stereocenters. The van der Waals surface area contributed by atoms with Crippen molar-refractivity contribution in [3.8, 4) is 11.9 Å². The number of nitrogens with zero attached hydrogens (tertiary/aromatic N) is 2. The molecule has 0 spiro atoms. The zero-order chi connectivity index (χ0) is 17.6. The summed E-state index contributed by atoms with van der Waals surface area (Å²) < 4.78 is 5.55. The third-order valence-corrected chi connectivity index (χ3v) is 4.81. The molecule has 1 aromatic carbocycles. The predicted octanol–water partition coefficient (Wildman–Crippen LogP) is 4.23. The molecule has 0 bridgehead atoms. The number of nitriles is 1. The van der Waals surface area contributed by atoms with E-state index in [2.05, 4.69) is 16.3 Å². The number of ether oxygens (including phenoxy) is 1. The Morgan fingerprint density at radius 3 is 2.67 bits per heavy atom. The van der Waals surface area contributed by atoms with Crippen LogP contribution in [0.3, 0.4) is 0 Å². The largest absolute Gasteiger partial charge is 0.420 e. The van der Waals surface area contributed by atoms with Gasteiger partial charge in [-0.25, -0.2) is 0 Å². The van der Waals surface area contributed by atoms with Gasteiger partial charge in [-0.15, -0.1) is 5.10 Å². The molecule has 3 rings (SSSR count). The van der Waals surface area contributed by atoms with Crippen molar-refractivity contribution in [2.75, 3.05) is 0 Å². The first kappa shape index (κ1) is 16.7. The van der Waals surface area contributed by atoms with Crippen LogP contribution >= 0.6 is 23.2 Å². The second kappa shape index (κ2) is 5.73. The van der Waals surface area contributed by atoms with Crippen LogP contribution in [-0.2, 0) is 5.41 Å². The summed E-state index contributed by atoms with van der Waals surface area (Å²) in [7, 11) is 0. The number of benzene rings is 1. The smallest absolute Gasteiger partial charge is 0.244 e. The third-order valence-electron chi connectivity index (χ3n) is 3.98. The molecule has 0 radical (unpaired) electrons. The highest BCUT2D eigenvalue weighted by molar-refractivity contribution is 6.42. The summed E-state index contributed by atoms with van der Waals surface area (Å²) >= 11 is 12.6. The molecule has 3 N–H and O–H groups in total. The van der Waals surface area contributed by atoms with E-state index in [9.17, 15) is 5.26 Å². The number of hydrogen-bond donors (Lipinski definition) is 2. The van der Waals surface area contributed by atoms with Crippen molar-refractivity contribution in [2.24, 2.45) is 5.73 Å². The first-order valence-electron chi connectivity index (χ1n) is 7.36. The van der Waals surface area contributed by atoms with Crippen molar-refractivity contribution in [3.63, 3.8) is 0 Å². The molecular weight excluding hydrogens is 347 g/mol. The molecule has 2 heterocycles. The molecule has 124 valence electrons. The van der Waals surface area contributed by atoms with Gasteiger partial charge in [0.25, 0.3) is 0 Å². The van der Waals surface area contributed by atoms with Crippen molar-refractivity contribution in [3.05, 3.63) is 56.5 Å². The number of allylic oxidation sites excluding steroid dienone is 1. The molecule has 5 nitrogen and oxygen atoms in total. The lowest BCUT2D eigenvalue weighted by Gasteiger charge is -2.28. The summed E-state index contributed by atoms with van der Waals surface area (Å²) in [5.74, 6) is -0.103. The lowest BCUT2D eigenvalue weighted by molar-refractivity contribution is 0.378. The van der Waals surface area contributed by atoms with E-state index in [-0.39, 0.29) is 11.3 Å². The predicted molar refractivity (Wildman–Crippen MR) is 93.0 cm³/mol. The summed E-state index contributed by atoms with van der Waals surface area (Å²) in [6.07, 6.45) is 0. The van der Waals surface area contributed by atoms with E-state index in [4.69, 9.17) is 33.7 Å². The summed E-state index contributed by atoms with van der Waals surface area (Å²) in [4.78, 5) is 0. The van der Waals surface area contributed by atoms with E-state index < -0.39 is 5.92 Å². The average Bonchev–Trinajstić information content (AvgIpc) is 2.92. The molecule has 0 unspecified atom stereocenters. The van der Waals surface area contributed by atoms with Crippen molar-refractivity contribution in [1.82, 2.24) is 10.2 Å². The van der Waals surface area contributed by atoms with Crippen LogP contribution in [0.4, 0.5) is 0 Å². The standard InChI is InChI=1S/C17H16Cl2N4O/c1-17(2,3)14-12-11(8-5-4-6-10(18)13(8)19)9(7-20)15(21)24-16(12)23-22-14/h4-6,11H,21H2,1-3H3,(H,22,23)/t11-/m1/s1. The van der Waals surface area contributed by atoms with E-state index in [0.717, 1.165) is 11.3 Å². The normalized spacial score (nSPS) is 17.2. The first-order chi connectivity index (χ1) is 11.3. The number of rotatable bonds is 1. The van der Waals surface area contributed by atoms with Gasteiger partial charge < -0.3 is 10.5 Å². The fourth-order valence-electron chi connectivity index (χ4n) is 2.87. The molecule has 1 aliphatic heterocycles. The number of nitrogens with two attached hydrogens (primary N) is 1. The second-order valence-corrected chi connectivity index (χ2v) is 7.42. The van der Waals surface area contributed by atoms with Gasteiger partial charge in [-0.1, -0.05) is 56.1 Å². The van der Waals surface area contributed by atoms with Crippen LogP contribution in [0.25, 0.3) is 0 Å². The minimum atomic E-state index is -0.488. The second-order valence-electron chi connectivity index (χ2n) is 6.64. The SMILES string of the molecule is CC(C)(C)c1[nH]nc2c1[C@H](c1cccc(Cl)c1Cl)C(C#N)=C(N)O2. The minimum absolute atomic E-state index is 0.0259. The van der Waals surface area contributed by atoms with Gasteiger partial charge in [-0.05, 0) is 11.6 Å². The van der Waals surface area contributed by atoms with Gasteiger partial charge in [-0.2, -0.15) is 5.26 Å². The highest BCUT2D eigenvalue weighted by Gasteiger charge is 2.38. The van der Waals surface area contributed by atoms with Crippen molar-refractivity contribution in [1.29, 1.82) is 5.26 Å². The first-order valence-corrected chi connectivity index (χ1v) is 8.11. The summed E-state index contributed by atoms with van der Waals surface area (Å²) in [5.41, 5.74) is 8.31. The van der Waals surface area contributed by atoms with Gasteiger partial charge >= 0.3 is 0 Å². The molecular formula is C17H16Cl2N4O. The number of aromatic amines is 1. The van der Waals surface area contributed by atoms with E-state index >= 15 is 0 Å². The Labute approximate surface area is 150 Å². The molecule has 0 saturated heterocycles. The van der Waals surface area contributed by atoms with Crippen LogP contribution in [0, 0.1) is 11.3 Å². The molecule has 0 aliphatic carbocycles. The Balaban J connectivity index is 2.33. The van der Waals surface area contributed by atoms with Crippen molar-refractivity contribution >= 4 is 23.2 Å². The summed E-state index contributed by atoms with van der Waals surface area (Å²) in [6, 6.07) is 7.47. The van der Waals surface area contributed by atoms with Crippen LogP contribution < -0.4 is 10.5 Å². The monoisotopic (exact) mass is 362 g/mol. The Morgan fingerprint density at radius 1 is 1.33 bits per heavy atom. The van der Waals surface area contributed by atoms with Crippen LogP contribution in [0.5, 0.6) is 5.88 Å². The van der Waals surface area contributed by atoms with Gasteiger partial charge in [-0.3, -0.25) is 5.10 Å². The molecule has 0 fully saturated rings. The number of halogens is 2. The molecule has 0 amide bonds. The third kappa shape index (κ3) is 2.52. The number of nitrogens with one attached hydrogen (secondary N) is 1. The Morgan fingerprint density at radius 2 is 2.04 bits per heavy atom. The van der Waals surface area contributed by atoms with Crippen LogP contribution in [0.1, 0.15) is 43.5 Å². The molecule has 24 heavy (non-hydrogen) atoms. The zero-order valence-corrected chi connectivity index (χ0v) is 15.0. The molecule has 0 saturated carbocycles. The summed E-state index contributed by atoms with van der Waals surface area (Å²) in [5, 5.41) is 17.7. The Hall–Kier alpha value is -2.16. The van der Waals surface area contributed by atoms with Crippen LogP contribution in [0.2, 0.25) is 10.0 Å². The van der Waals surface area contributed by atoms with Crippen LogP contribution in [-0.4, -0.2) is 10.2 Å². The van der Waals surface area contributed by atoms with E-state index in [0.29, 0.717) is 27.1 Å². The van der Waals surface area contributed by atoms with Gasteiger partial charge in [0, 0.05) is 11.1 Å². The fraction of sp³-hybridized carbons (Fsp3) is 0.294. The number of aromatic nitrogens is 2. The minimum Gasteiger partial charge on any atom is -0.420 e. The average molecular weight is 363 g/mol. The van der Waals surface area contributed by atoms with Crippen molar-refractivity contribution in [2.45, 2.75) is 32.1 Å². The quantitative estimate of drug-likeness (QED) is 0.794. The molecule has 1 aromatic heterocycles. The van der Waals surface area contributed by atoms with Gasteiger partial charge in [0.05, 0.1) is 21.5 Å². The highest BCUT2D eigenvalue weighted by atomic mass is 35.5. The van der Waals surface area contributed by atoms with E-state index in [1.54, 1.807) is 12.1 Å². The van der Waals surface area contributed by atoms with Gasteiger partial charge in [0.1, 0.15) is 11.6 Å². The van der Waals surface area contributed by atoms with E-state index in [1.165, 1.54) is 0 Å². The molecule has 2 aromatic rings. The number of fused-ring (bicyclic) bond motifs is 1. The number of H-pyrrole nitrogens is 1. The molecule has 1 aliphatic rings. The fourth-order valence-corrected chi connectivity index (χ4v) is 3.29. The highest BCUT2D eigenvalue weighted by Crippen LogP contribution is 2.47. The lowest BCUT2D eigenvalue weighted by atomic mass is 9.79.